The number of carbonyl (C=O) groups excluding carboxylic acids is 1. The van der Waals surface area contributed by atoms with E-state index >= 15 is 0 Å². The fraction of sp³-hybridized carbons (Fsp3) is 0.571. The third-order valence-electron chi connectivity index (χ3n) is 0.0962. The van der Waals surface area contributed by atoms with E-state index in [1.54, 1.807) is 13.8 Å². The predicted octanol–water partition coefficient (Wildman–Crippen LogP) is 0.368. The first-order chi connectivity index (χ1) is 4.74. The van der Waals surface area contributed by atoms with Gasteiger partial charge in [0, 0.05) is 13.2 Å². The molecule has 0 spiro atoms. The molecule has 0 aromatic rings. The Labute approximate surface area is 62.0 Å². The van der Waals surface area contributed by atoms with E-state index in [2.05, 4.69) is 6.58 Å². The minimum Gasteiger partial charge on any atom is -0.397 e. The van der Waals surface area contributed by atoms with Crippen LogP contribution in [0.1, 0.15) is 13.8 Å². The van der Waals surface area contributed by atoms with Crippen LogP contribution in [-0.2, 0) is 4.79 Å². The average Bonchev–Trinajstić information content (AvgIpc) is 1.91. The first kappa shape index (κ1) is 16.2. The maximum Gasteiger partial charge on any atom is 0.142 e. The molecule has 0 fully saturated rings. The van der Waals surface area contributed by atoms with E-state index in [-0.39, 0.29) is 13.2 Å². The molecule has 62 valence electrons. The van der Waals surface area contributed by atoms with Gasteiger partial charge in [-0.25, -0.2) is 0 Å². The second kappa shape index (κ2) is 40.4. The lowest BCUT2D eigenvalue weighted by Gasteiger charge is -1.52. The quantitative estimate of drug-likeness (QED) is 0.417. The van der Waals surface area contributed by atoms with Crippen LogP contribution < -0.4 is 0 Å². The number of carbonyl (C=O) groups is 1. The van der Waals surface area contributed by atoms with Gasteiger partial charge in [-0.3, -0.25) is 4.79 Å². The lowest BCUT2D eigenvalue weighted by atomic mass is 10.8. The van der Waals surface area contributed by atoms with Gasteiger partial charge < -0.3 is 10.2 Å². The molecule has 0 unspecified atom stereocenters. The number of hydrogen-bond donors (Lipinski definition) is 2. The molecule has 0 saturated carbocycles. The van der Waals surface area contributed by atoms with Gasteiger partial charge in [0.1, 0.15) is 6.29 Å². The molecule has 0 aromatic heterocycles. The predicted molar refractivity (Wildman–Crippen MR) is 41.8 cm³/mol. The van der Waals surface area contributed by atoms with Crippen LogP contribution in [-0.4, -0.2) is 29.7 Å². The summed E-state index contributed by atoms with van der Waals surface area (Å²) in [6.45, 7) is 6.97. The standard InChI is InChI=1S/C3H4O.2C2H6O/c1-2-3-4;2*1-2-3/h2-3H,1H2;2*3H,2H2,1H3. The Balaban J connectivity index is -0.0000000750. The van der Waals surface area contributed by atoms with E-state index < -0.39 is 0 Å². The summed E-state index contributed by atoms with van der Waals surface area (Å²) in [4.78, 5) is 9.06. The Hall–Kier alpha value is -0.670. The molecule has 0 aliphatic rings. The van der Waals surface area contributed by atoms with Gasteiger partial charge in [-0.2, -0.15) is 0 Å². The van der Waals surface area contributed by atoms with Crippen molar-refractivity contribution in [2.24, 2.45) is 0 Å². The Bertz CT molecular complexity index is 44.8. The number of aliphatic hydroxyl groups excluding tert-OH is 2. The highest BCUT2D eigenvalue weighted by Crippen LogP contribution is 1.35. The normalized spacial score (nSPS) is 5.60. The molecule has 3 heteroatoms. The monoisotopic (exact) mass is 148 g/mol. The molecule has 0 heterocycles. The van der Waals surface area contributed by atoms with Gasteiger partial charge in [-0.15, -0.1) is 0 Å². The van der Waals surface area contributed by atoms with E-state index in [0.717, 1.165) is 0 Å². The highest BCUT2D eigenvalue weighted by atomic mass is 16.3. The first-order valence-corrected chi connectivity index (χ1v) is 3.02. The minimum absolute atomic E-state index is 0.250. The molecular formula is C7H16O3. The van der Waals surface area contributed by atoms with Crippen LogP contribution in [0.25, 0.3) is 0 Å². The van der Waals surface area contributed by atoms with Crippen molar-refractivity contribution >= 4 is 6.29 Å². The van der Waals surface area contributed by atoms with Crippen LogP contribution in [0.5, 0.6) is 0 Å². The summed E-state index contributed by atoms with van der Waals surface area (Å²) in [5.74, 6) is 0. The zero-order valence-corrected chi connectivity index (χ0v) is 6.58. The van der Waals surface area contributed by atoms with Crippen molar-refractivity contribution in [3.05, 3.63) is 12.7 Å². The summed E-state index contributed by atoms with van der Waals surface area (Å²) in [5, 5.41) is 15.1. The van der Waals surface area contributed by atoms with Crippen LogP contribution in [0.4, 0.5) is 0 Å². The zero-order valence-electron chi connectivity index (χ0n) is 6.58. The van der Waals surface area contributed by atoms with E-state index in [4.69, 9.17) is 15.0 Å². The average molecular weight is 148 g/mol. The van der Waals surface area contributed by atoms with E-state index in [1.807, 2.05) is 0 Å². The Morgan fingerprint density at radius 2 is 1.40 bits per heavy atom. The van der Waals surface area contributed by atoms with Crippen molar-refractivity contribution in [2.75, 3.05) is 13.2 Å². The topological polar surface area (TPSA) is 57.5 Å². The van der Waals surface area contributed by atoms with E-state index in [1.165, 1.54) is 6.08 Å². The molecule has 0 aliphatic carbocycles. The van der Waals surface area contributed by atoms with Crippen molar-refractivity contribution in [3.8, 4) is 0 Å². The Morgan fingerprint density at radius 1 is 1.30 bits per heavy atom. The van der Waals surface area contributed by atoms with E-state index in [9.17, 15) is 0 Å². The second-order valence-corrected chi connectivity index (χ2v) is 1.00. The highest BCUT2D eigenvalue weighted by molar-refractivity contribution is 5.63. The van der Waals surface area contributed by atoms with Crippen molar-refractivity contribution in [2.45, 2.75) is 13.8 Å². The molecule has 0 atom stereocenters. The number of rotatable bonds is 1. The van der Waals surface area contributed by atoms with Crippen molar-refractivity contribution in [1.82, 2.24) is 0 Å². The fourth-order valence-electron chi connectivity index (χ4n) is 0. The maximum atomic E-state index is 9.06. The Morgan fingerprint density at radius 3 is 1.40 bits per heavy atom. The third kappa shape index (κ3) is 2700. The first-order valence-electron chi connectivity index (χ1n) is 3.02. The summed E-state index contributed by atoms with van der Waals surface area (Å²) in [7, 11) is 0. The molecule has 0 aromatic carbocycles. The lowest BCUT2D eigenvalue weighted by molar-refractivity contribution is -0.104. The fourth-order valence-corrected chi connectivity index (χ4v) is 0. The van der Waals surface area contributed by atoms with Gasteiger partial charge in [-0.05, 0) is 19.9 Å². The molecule has 0 bridgehead atoms. The lowest BCUT2D eigenvalue weighted by Crippen LogP contribution is -1.57. The molecule has 0 saturated heterocycles. The highest BCUT2D eigenvalue weighted by Gasteiger charge is 1.38. The smallest absolute Gasteiger partial charge is 0.142 e. The number of allylic oxidation sites excluding steroid dienone is 1. The van der Waals surface area contributed by atoms with Crippen LogP contribution >= 0.6 is 0 Å². The molecule has 3 nitrogen and oxygen atoms in total. The molecule has 2 N–H and O–H groups in total. The van der Waals surface area contributed by atoms with Gasteiger partial charge in [0.15, 0.2) is 0 Å². The van der Waals surface area contributed by atoms with Gasteiger partial charge in [0.2, 0.25) is 0 Å². The van der Waals surface area contributed by atoms with Crippen LogP contribution in [0.2, 0.25) is 0 Å². The van der Waals surface area contributed by atoms with Gasteiger partial charge in [0.25, 0.3) is 0 Å². The summed E-state index contributed by atoms with van der Waals surface area (Å²) >= 11 is 0. The maximum absolute atomic E-state index is 9.06. The van der Waals surface area contributed by atoms with Crippen molar-refractivity contribution in [3.63, 3.8) is 0 Å². The van der Waals surface area contributed by atoms with Crippen molar-refractivity contribution in [1.29, 1.82) is 0 Å². The SMILES string of the molecule is C=CC=O.CCO.CCO. The largest absolute Gasteiger partial charge is 0.397 e. The van der Waals surface area contributed by atoms with Gasteiger partial charge in [-0.1, -0.05) is 6.58 Å². The molecule has 0 amide bonds. The summed E-state index contributed by atoms with van der Waals surface area (Å²) in [5.41, 5.74) is 0. The minimum atomic E-state index is 0.250. The molecular weight excluding hydrogens is 132 g/mol. The van der Waals surface area contributed by atoms with Gasteiger partial charge in [0.05, 0.1) is 0 Å². The number of aliphatic hydroxyl groups is 2. The molecule has 0 aliphatic heterocycles. The zero-order chi connectivity index (χ0) is 8.83. The Kier molecular flexibility index (Phi) is 65.2. The molecule has 0 rings (SSSR count). The van der Waals surface area contributed by atoms with Crippen LogP contribution in [0.15, 0.2) is 12.7 Å². The summed E-state index contributed by atoms with van der Waals surface area (Å²) in [6.07, 6.45) is 1.83. The van der Waals surface area contributed by atoms with Crippen LogP contribution in [0.3, 0.4) is 0 Å². The van der Waals surface area contributed by atoms with Crippen LogP contribution in [0, 0.1) is 0 Å². The number of aldehydes is 1. The summed E-state index contributed by atoms with van der Waals surface area (Å²) < 4.78 is 0. The third-order valence-corrected chi connectivity index (χ3v) is 0.0962. The van der Waals surface area contributed by atoms with Crippen molar-refractivity contribution < 1.29 is 15.0 Å². The molecule has 10 heavy (non-hydrogen) atoms. The van der Waals surface area contributed by atoms with E-state index in [0.29, 0.717) is 6.29 Å². The van der Waals surface area contributed by atoms with Gasteiger partial charge >= 0.3 is 0 Å². The molecule has 0 radical (unpaired) electrons. The second-order valence-electron chi connectivity index (χ2n) is 1.00. The number of hydrogen-bond acceptors (Lipinski definition) is 3. The summed E-state index contributed by atoms with van der Waals surface area (Å²) in [6, 6.07) is 0.